The molecule has 136 valence electrons. The highest BCUT2D eigenvalue weighted by Gasteiger charge is 2.13. The largest absolute Gasteiger partial charge is 0.497 e. The summed E-state index contributed by atoms with van der Waals surface area (Å²) in [6, 6.07) is 16.0. The Hall–Kier alpha value is -2.57. The summed E-state index contributed by atoms with van der Waals surface area (Å²) in [5.74, 6) is 1.46. The Morgan fingerprint density at radius 3 is 2.70 bits per heavy atom. The average molecular weight is 397 g/mol. The molecule has 5 nitrogen and oxygen atoms in total. The molecule has 0 bridgehead atoms. The molecule has 4 aromatic rings. The number of nitrogens with zero attached hydrogens (tertiary/aromatic N) is 4. The highest BCUT2D eigenvalue weighted by molar-refractivity contribution is 7.98. The molecule has 0 N–H and O–H groups in total. The Bertz CT molecular complexity index is 1100. The number of ether oxygens (including phenoxy) is 1. The summed E-state index contributed by atoms with van der Waals surface area (Å²) in [6.45, 7) is 0.552. The highest BCUT2D eigenvalue weighted by atomic mass is 35.5. The SMILES string of the molecule is COc1ccc(Cn2nc3cnc(-c4cccc(SC)c4)nc3c2Cl)cc1. The van der Waals surface area contributed by atoms with Crippen LogP contribution < -0.4 is 4.74 Å². The second-order valence-corrected chi connectivity index (χ2v) is 7.19. The Balaban J connectivity index is 1.68. The van der Waals surface area contributed by atoms with Gasteiger partial charge in [0.1, 0.15) is 16.8 Å². The predicted octanol–water partition coefficient (Wildman–Crippen LogP) is 4.93. The van der Waals surface area contributed by atoms with Gasteiger partial charge >= 0.3 is 0 Å². The molecule has 0 unspecified atom stereocenters. The van der Waals surface area contributed by atoms with E-state index < -0.39 is 0 Å². The van der Waals surface area contributed by atoms with E-state index in [0.717, 1.165) is 21.8 Å². The van der Waals surface area contributed by atoms with Gasteiger partial charge in [-0.1, -0.05) is 35.9 Å². The Labute approximate surface area is 166 Å². The van der Waals surface area contributed by atoms with Crippen molar-refractivity contribution >= 4 is 34.4 Å². The minimum atomic E-state index is 0.505. The van der Waals surface area contributed by atoms with Gasteiger partial charge in [-0.15, -0.1) is 11.8 Å². The van der Waals surface area contributed by atoms with Gasteiger partial charge in [0.25, 0.3) is 0 Å². The molecule has 7 heteroatoms. The molecular formula is C20H17ClN4OS. The summed E-state index contributed by atoms with van der Waals surface area (Å²) in [5.41, 5.74) is 3.37. The first-order valence-electron chi connectivity index (χ1n) is 8.34. The lowest BCUT2D eigenvalue weighted by molar-refractivity contribution is 0.414. The van der Waals surface area contributed by atoms with Crippen LogP contribution in [0.3, 0.4) is 0 Å². The van der Waals surface area contributed by atoms with Crippen molar-refractivity contribution in [2.45, 2.75) is 11.4 Å². The number of fused-ring (bicyclic) bond motifs is 1. The summed E-state index contributed by atoms with van der Waals surface area (Å²) in [6.07, 6.45) is 3.77. The molecule has 0 spiro atoms. The zero-order chi connectivity index (χ0) is 18.8. The van der Waals surface area contributed by atoms with Gasteiger partial charge in [-0.05, 0) is 36.1 Å². The van der Waals surface area contributed by atoms with Crippen LogP contribution in [0.15, 0.2) is 59.6 Å². The molecule has 0 aliphatic rings. The fraction of sp³-hybridized carbons (Fsp3) is 0.150. The van der Waals surface area contributed by atoms with E-state index in [1.807, 2.05) is 42.7 Å². The highest BCUT2D eigenvalue weighted by Crippen LogP contribution is 2.26. The third kappa shape index (κ3) is 3.63. The summed E-state index contributed by atoms with van der Waals surface area (Å²) in [7, 11) is 1.65. The van der Waals surface area contributed by atoms with Gasteiger partial charge in [0.15, 0.2) is 11.0 Å². The molecule has 0 aliphatic heterocycles. The smallest absolute Gasteiger partial charge is 0.160 e. The standard InChI is InChI=1S/C20H17ClN4OS/c1-26-15-8-6-13(7-9-15)12-25-19(21)18-17(24-25)11-22-20(23-18)14-4-3-5-16(10-14)27-2/h3-11H,12H2,1-2H3. The van der Waals surface area contributed by atoms with E-state index in [4.69, 9.17) is 16.3 Å². The molecule has 0 saturated heterocycles. The molecule has 2 aromatic carbocycles. The van der Waals surface area contributed by atoms with E-state index in [-0.39, 0.29) is 0 Å². The number of halogens is 1. The molecule has 0 atom stereocenters. The molecule has 0 aliphatic carbocycles. The maximum atomic E-state index is 6.56. The number of aromatic nitrogens is 4. The predicted molar refractivity (Wildman–Crippen MR) is 110 cm³/mol. The molecular weight excluding hydrogens is 380 g/mol. The summed E-state index contributed by atoms with van der Waals surface area (Å²) in [5, 5.41) is 5.05. The van der Waals surface area contributed by atoms with Crippen molar-refractivity contribution in [3.05, 3.63) is 65.4 Å². The summed E-state index contributed by atoms with van der Waals surface area (Å²) in [4.78, 5) is 10.3. The molecule has 0 saturated carbocycles. The van der Waals surface area contributed by atoms with Crippen molar-refractivity contribution in [3.63, 3.8) is 0 Å². The summed E-state index contributed by atoms with van der Waals surface area (Å²) < 4.78 is 6.94. The molecule has 4 rings (SSSR count). The van der Waals surface area contributed by atoms with Crippen LogP contribution in [0, 0.1) is 0 Å². The van der Waals surface area contributed by atoms with Crippen LogP contribution in [0.2, 0.25) is 5.15 Å². The van der Waals surface area contributed by atoms with Gasteiger partial charge in [0.05, 0.1) is 19.9 Å². The van der Waals surface area contributed by atoms with Gasteiger partial charge in [0.2, 0.25) is 0 Å². The minimum absolute atomic E-state index is 0.505. The lowest BCUT2D eigenvalue weighted by Crippen LogP contribution is -2.01. The number of rotatable bonds is 5. The van der Waals surface area contributed by atoms with Crippen LogP contribution in [0.25, 0.3) is 22.4 Å². The van der Waals surface area contributed by atoms with E-state index in [1.165, 1.54) is 0 Å². The van der Waals surface area contributed by atoms with E-state index in [0.29, 0.717) is 28.6 Å². The number of hydrogen-bond acceptors (Lipinski definition) is 5. The summed E-state index contributed by atoms with van der Waals surface area (Å²) >= 11 is 8.25. The average Bonchev–Trinajstić information content (AvgIpc) is 3.03. The zero-order valence-electron chi connectivity index (χ0n) is 14.9. The van der Waals surface area contributed by atoms with E-state index in [2.05, 4.69) is 27.2 Å². The molecule has 2 heterocycles. The van der Waals surface area contributed by atoms with Crippen molar-refractivity contribution < 1.29 is 4.74 Å². The third-order valence-electron chi connectivity index (χ3n) is 4.24. The molecule has 0 amide bonds. The van der Waals surface area contributed by atoms with Crippen molar-refractivity contribution in [1.82, 2.24) is 19.7 Å². The topological polar surface area (TPSA) is 52.8 Å². The van der Waals surface area contributed by atoms with E-state index >= 15 is 0 Å². The Morgan fingerprint density at radius 1 is 1.15 bits per heavy atom. The normalized spacial score (nSPS) is 11.1. The second kappa shape index (κ2) is 7.58. The van der Waals surface area contributed by atoms with Crippen LogP contribution >= 0.6 is 23.4 Å². The third-order valence-corrected chi connectivity index (χ3v) is 5.34. The quantitative estimate of drug-likeness (QED) is 0.448. The van der Waals surface area contributed by atoms with E-state index in [9.17, 15) is 0 Å². The van der Waals surface area contributed by atoms with Gasteiger partial charge in [-0.25, -0.2) is 14.6 Å². The fourth-order valence-corrected chi connectivity index (χ4v) is 3.50. The molecule has 0 radical (unpaired) electrons. The van der Waals surface area contributed by atoms with Gasteiger partial charge in [-0.2, -0.15) is 5.10 Å². The first-order chi connectivity index (χ1) is 13.2. The van der Waals surface area contributed by atoms with Crippen LogP contribution in [0.5, 0.6) is 5.75 Å². The number of hydrogen-bond donors (Lipinski definition) is 0. The van der Waals surface area contributed by atoms with Gasteiger partial charge < -0.3 is 4.74 Å². The zero-order valence-corrected chi connectivity index (χ0v) is 16.5. The Morgan fingerprint density at radius 2 is 1.96 bits per heavy atom. The lowest BCUT2D eigenvalue weighted by atomic mass is 10.2. The van der Waals surface area contributed by atoms with Crippen LogP contribution in [-0.2, 0) is 6.54 Å². The van der Waals surface area contributed by atoms with Crippen molar-refractivity contribution in [1.29, 1.82) is 0 Å². The van der Waals surface area contributed by atoms with Crippen molar-refractivity contribution in [2.24, 2.45) is 0 Å². The molecule has 2 aromatic heterocycles. The fourth-order valence-electron chi connectivity index (χ4n) is 2.81. The Kier molecular flexibility index (Phi) is 5.01. The first kappa shape index (κ1) is 17.8. The first-order valence-corrected chi connectivity index (χ1v) is 9.94. The van der Waals surface area contributed by atoms with Gasteiger partial charge in [0, 0.05) is 10.5 Å². The maximum Gasteiger partial charge on any atom is 0.160 e. The second-order valence-electron chi connectivity index (χ2n) is 5.96. The van der Waals surface area contributed by atoms with Crippen LogP contribution in [0.4, 0.5) is 0 Å². The maximum absolute atomic E-state index is 6.56. The molecule has 27 heavy (non-hydrogen) atoms. The van der Waals surface area contributed by atoms with Gasteiger partial charge in [-0.3, -0.25) is 0 Å². The van der Waals surface area contributed by atoms with Crippen LogP contribution in [0.1, 0.15) is 5.56 Å². The number of methoxy groups -OCH3 is 1. The monoisotopic (exact) mass is 396 g/mol. The van der Waals surface area contributed by atoms with Crippen molar-refractivity contribution in [3.8, 4) is 17.1 Å². The van der Waals surface area contributed by atoms with Crippen LogP contribution in [-0.4, -0.2) is 33.1 Å². The number of benzene rings is 2. The number of thioether (sulfide) groups is 1. The molecule has 0 fully saturated rings. The lowest BCUT2D eigenvalue weighted by Gasteiger charge is -2.04. The minimum Gasteiger partial charge on any atom is -0.497 e. The van der Waals surface area contributed by atoms with Crippen molar-refractivity contribution in [2.75, 3.05) is 13.4 Å². The van der Waals surface area contributed by atoms with E-state index in [1.54, 1.807) is 29.8 Å².